The summed E-state index contributed by atoms with van der Waals surface area (Å²) in [6.07, 6.45) is -0.261. The van der Waals surface area contributed by atoms with Crippen LogP contribution in [0.3, 0.4) is 0 Å². The van der Waals surface area contributed by atoms with Crippen LogP contribution in [0.25, 0.3) is 0 Å². The van der Waals surface area contributed by atoms with Gasteiger partial charge in [-0.1, -0.05) is 71.2 Å². The summed E-state index contributed by atoms with van der Waals surface area (Å²) in [7, 11) is 0. The third-order valence-electron chi connectivity index (χ3n) is 6.34. The Kier molecular flexibility index (Phi) is 8.35. The van der Waals surface area contributed by atoms with Crippen LogP contribution in [0.1, 0.15) is 57.3 Å². The monoisotopic (exact) mass is 524 g/mol. The van der Waals surface area contributed by atoms with Gasteiger partial charge < -0.3 is 9.64 Å². The van der Waals surface area contributed by atoms with Gasteiger partial charge in [-0.25, -0.2) is 4.79 Å². The fourth-order valence-electron chi connectivity index (χ4n) is 4.54. The van der Waals surface area contributed by atoms with Crippen molar-refractivity contribution in [2.75, 3.05) is 26.2 Å². The molecule has 0 bridgehead atoms. The van der Waals surface area contributed by atoms with Crippen molar-refractivity contribution in [2.24, 2.45) is 0 Å². The molecular formula is C29H30Cl2N2O3. The van der Waals surface area contributed by atoms with Crippen molar-refractivity contribution in [3.05, 3.63) is 105 Å². The lowest BCUT2D eigenvalue weighted by Crippen LogP contribution is -2.50. The van der Waals surface area contributed by atoms with Crippen molar-refractivity contribution in [3.63, 3.8) is 0 Å². The van der Waals surface area contributed by atoms with Gasteiger partial charge >= 0.3 is 5.97 Å². The summed E-state index contributed by atoms with van der Waals surface area (Å²) >= 11 is 12.8. The lowest BCUT2D eigenvalue weighted by molar-refractivity contribution is 0.0370. The Hall–Kier alpha value is -2.86. The normalized spacial score (nSPS) is 15.1. The number of ether oxygens (including phenoxy) is 1. The molecule has 0 spiro atoms. The van der Waals surface area contributed by atoms with E-state index in [2.05, 4.69) is 36.1 Å². The predicted molar refractivity (Wildman–Crippen MR) is 144 cm³/mol. The van der Waals surface area contributed by atoms with E-state index >= 15 is 0 Å². The molecule has 1 fully saturated rings. The molecule has 0 radical (unpaired) electrons. The van der Waals surface area contributed by atoms with Crippen LogP contribution in [0.2, 0.25) is 10.0 Å². The van der Waals surface area contributed by atoms with E-state index in [0.29, 0.717) is 47.4 Å². The molecule has 1 amide bonds. The zero-order valence-electron chi connectivity index (χ0n) is 20.7. The van der Waals surface area contributed by atoms with Gasteiger partial charge in [0.25, 0.3) is 5.91 Å². The number of carbonyl (C=O) groups excluding carboxylic acids is 2. The lowest BCUT2D eigenvalue weighted by atomic mass is 9.95. The summed E-state index contributed by atoms with van der Waals surface area (Å²) < 4.78 is 5.35. The van der Waals surface area contributed by atoms with E-state index in [0.717, 1.165) is 11.1 Å². The number of aryl methyl sites for hydroxylation is 1. The zero-order chi connectivity index (χ0) is 25.8. The number of hydrogen-bond acceptors (Lipinski definition) is 4. The predicted octanol–water partition coefficient (Wildman–Crippen LogP) is 6.41. The molecule has 0 saturated carbocycles. The molecule has 3 aromatic rings. The summed E-state index contributed by atoms with van der Waals surface area (Å²) in [6, 6.07) is 20.8. The van der Waals surface area contributed by atoms with Crippen molar-refractivity contribution in [1.82, 2.24) is 9.80 Å². The third kappa shape index (κ3) is 5.92. The summed E-state index contributed by atoms with van der Waals surface area (Å²) in [5, 5.41) is 1.21. The number of rotatable bonds is 6. The van der Waals surface area contributed by atoms with Crippen molar-refractivity contribution >= 4 is 35.1 Å². The van der Waals surface area contributed by atoms with Gasteiger partial charge in [-0.3, -0.25) is 9.69 Å². The van der Waals surface area contributed by atoms with Crippen LogP contribution in [-0.2, 0) is 4.74 Å². The van der Waals surface area contributed by atoms with Crippen molar-refractivity contribution in [2.45, 2.75) is 32.9 Å². The van der Waals surface area contributed by atoms with E-state index < -0.39 is 5.97 Å². The number of esters is 1. The summed E-state index contributed by atoms with van der Waals surface area (Å²) in [5.41, 5.74) is 3.96. The largest absolute Gasteiger partial charge is 0.459 e. The van der Waals surface area contributed by atoms with E-state index in [-0.39, 0.29) is 18.1 Å². The molecule has 0 aromatic heterocycles. The quantitative estimate of drug-likeness (QED) is 0.349. The Bertz CT molecular complexity index is 1240. The molecular weight excluding hydrogens is 495 g/mol. The van der Waals surface area contributed by atoms with Gasteiger partial charge in [-0.05, 0) is 56.2 Å². The molecule has 1 heterocycles. The summed E-state index contributed by atoms with van der Waals surface area (Å²) in [6.45, 7) is 8.01. The smallest absolute Gasteiger partial charge is 0.339 e. The first-order chi connectivity index (χ1) is 17.2. The van der Waals surface area contributed by atoms with E-state index in [1.165, 1.54) is 5.56 Å². The maximum Gasteiger partial charge on any atom is 0.339 e. The number of halogens is 2. The number of carbonyl (C=O) groups is 2. The summed E-state index contributed by atoms with van der Waals surface area (Å²) in [5.74, 6) is -0.647. The Balaban J connectivity index is 1.55. The van der Waals surface area contributed by atoms with E-state index in [4.69, 9.17) is 27.9 Å². The Morgan fingerprint density at radius 3 is 2.11 bits per heavy atom. The second-order valence-corrected chi connectivity index (χ2v) is 10.2. The highest BCUT2D eigenvalue weighted by atomic mass is 35.5. The molecule has 1 saturated heterocycles. The van der Waals surface area contributed by atoms with Gasteiger partial charge in [0, 0.05) is 36.2 Å². The van der Waals surface area contributed by atoms with Crippen molar-refractivity contribution in [1.29, 1.82) is 0 Å². The Morgan fingerprint density at radius 1 is 0.861 bits per heavy atom. The molecule has 4 rings (SSSR count). The number of hydrogen-bond donors (Lipinski definition) is 0. The van der Waals surface area contributed by atoms with E-state index in [1.54, 1.807) is 49.1 Å². The van der Waals surface area contributed by atoms with Crippen LogP contribution in [0.15, 0.2) is 66.7 Å². The number of benzene rings is 3. The highest BCUT2D eigenvalue weighted by Crippen LogP contribution is 2.35. The van der Waals surface area contributed by atoms with Crippen molar-refractivity contribution < 1.29 is 14.3 Å². The Morgan fingerprint density at radius 2 is 1.50 bits per heavy atom. The molecule has 5 nitrogen and oxygen atoms in total. The number of amides is 1. The highest BCUT2D eigenvalue weighted by Gasteiger charge is 2.31. The lowest BCUT2D eigenvalue weighted by Gasteiger charge is -2.40. The minimum atomic E-state index is -0.482. The molecule has 36 heavy (non-hydrogen) atoms. The van der Waals surface area contributed by atoms with Gasteiger partial charge in [0.05, 0.1) is 23.3 Å². The van der Waals surface area contributed by atoms with Gasteiger partial charge in [0.15, 0.2) is 0 Å². The van der Waals surface area contributed by atoms with Crippen LogP contribution in [0.4, 0.5) is 0 Å². The fraction of sp³-hybridized carbons (Fsp3) is 0.310. The second-order valence-electron chi connectivity index (χ2n) is 9.31. The number of nitrogens with zero attached hydrogens (tertiary/aromatic N) is 2. The van der Waals surface area contributed by atoms with Crippen LogP contribution in [-0.4, -0.2) is 54.0 Å². The maximum atomic E-state index is 13.4. The molecule has 1 unspecified atom stereocenters. The molecule has 0 N–H and O–H groups in total. The van der Waals surface area contributed by atoms with E-state index in [9.17, 15) is 9.59 Å². The van der Waals surface area contributed by atoms with Crippen LogP contribution in [0, 0.1) is 6.92 Å². The first-order valence-electron chi connectivity index (χ1n) is 12.1. The minimum absolute atomic E-state index is 0.0686. The van der Waals surface area contributed by atoms with E-state index in [1.807, 2.05) is 12.1 Å². The zero-order valence-corrected chi connectivity index (χ0v) is 22.2. The second kappa shape index (κ2) is 11.5. The molecule has 1 aliphatic rings. The van der Waals surface area contributed by atoms with Gasteiger partial charge in [-0.2, -0.15) is 0 Å². The molecule has 188 valence electrons. The van der Waals surface area contributed by atoms with Crippen LogP contribution in [0.5, 0.6) is 0 Å². The van der Waals surface area contributed by atoms with Crippen LogP contribution < -0.4 is 0 Å². The average Bonchev–Trinajstić information content (AvgIpc) is 2.86. The highest BCUT2D eigenvalue weighted by molar-refractivity contribution is 6.35. The third-order valence-corrected chi connectivity index (χ3v) is 6.90. The van der Waals surface area contributed by atoms with Gasteiger partial charge in [0.2, 0.25) is 0 Å². The molecule has 7 heteroatoms. The molecule has 1 atom stereocenters. The molecule has 1 aliphatic heterocycles. The fourth-order valence-corrected chi connectivity index (χ4v) is 5.05. The molecule has 3 aromatic carbocycles. The first kappa shape index (κ1) is 26.2. The van der Waals surface area contributed by atoms with Gasteiger partial charge in [-0.15, -0.1) is 0 Å². The standard InChI is InChI=1S/C29H30Cl2N2O3/c1-19(2)36-29(35)24-7-5-4-6-23(24)28(34)33-16-14-32(15-17-33)27(21-10-8-20(3)9-11-21)25-13-12-22(30)18-26(25)31/h4-13,18-19,27H,14-17H2,1-3H3. The SMILES string of the molecule is Cc1ccc(C(c2ccc(Cl)cc2Cl)N2CCN(C(=O)c3ccccc3C(=O)OC(C)C)CC2)cc1. The minimum Gasteiger partial charge on any atom is -0.459 e. The summed E-state index contributed by atoms with van der Waals surface area (Å²) in [4.78, 5) is 30.1. The maximum absolute atomic E-state index is 13.4. The first-order valence-corrected chi connectivity index (χ1v) is 12.8. The topological polar surface area (TPSA) is 49.9 Å². The van der Waals surface area contributed by atoms with Gasteiger partial charge in [0.1, 0.15) is 0 Å². The molecule has 0 aliphatic carbocycles. The average molecular weight is 525 g/mol. The van der Waals surface area contributed by atoms with Crippen molar-refractivity contribution in [3.8, 4) is 0 Å². The van der Waals surface area contributed by atoms with Crippen LogP contribution >= 0.6 is 23.2 Å². The Labute approximate surface area is 222 Å². The number of piperazine rings is 1.